The van der Waals surface area contributed by atoms with Gasteiger partial charge in [0.2, 0.25) is 0 Å². The molecule has 0 spiro atoms. The van der Waals surface area contributed by atoms with Gasteiger partial charge in [-0.25, -0.2) is 0 Å². The molecule has 0 bridgehead atoms. The molecular weight excluding hydrogens is 456 g/mol. The molecule has 7 aromatic carbocycles. The van der Waals surface area contributed by atoms with Gasteiger partial charge in [0.25, 0.3) is 0 Å². The van der Waals surface area contributed by atoms with Gasteiger partial charge < -0.3 is 0 Å². The van der Waals surface area contributed by atoms with Crippen molar-refractivity contribution in [1.29, 1.82) is 0 Å². The summed E-state index contributed by atoms with van der Waals surface area (Å²) in [6.07, 6.45) is 0. The normalized spacial score (nSPS) is 11.4. The van der Waals surface area contributed by atoms with Gasteiger partial charge in [-0.3, -0.25) is 0 Å². The molecule has 7 aromatic rings. The van der Waals surface area contributed by atoms with Crippen LogP contribution in [-0.2, 0) is 0 Å². The highest BCUT2D eigenvalue weighted by atomic mass is 14.2. The minimum absolute atomic E-state index is 1.24. The molecule has 0 unspecified atom stereocenters. The number of hydrogen-bond donors (Lipinski definition) is 0. The molecule has 0 amide bonds. The van der Waals surface area contributed by atoms with E-state index in [-0.39, 0.29) is 0 Å². The summed E-state index contributed by atoms with van der Waals surface area (Å²) in [5.74, 6) is 0. The highest BCUT2D eigenvalue weighted by Gasteiger charge is 2.18. The van der Waals surface area contributed by atoms with Crippen LogP contribution in [0.2, 0.25) is 0 Å². The SMILES string of the molecule is Cc1cccc(C)c1-c1c2ccccc2c(-c2ccc(-c3ccc4ccccc4c3)cc2)c2ccccc12. The minimum atomic E-state index is 1.24. The molecule has 0 saturated carbocycles. The second-order valence-corrected chi connectivity index (χ2v) is 10.2. The van der Waals surface area contributed by atoms with E-state index >= 15 is 0 Å². The zero-order chi connectivity index (χ0) is 25.6. The lowest BCUT2D eigenvalue weighted by Crippen LogP contribution is -1.94. The van der Waals surface area contributed by atoms with Gasteiger partial charge in [0.05, 0.1) is 0 Å². The van der Waals surface area contributed by atoms with E-state index in [1.165, 1.54) is 76.8 Å². The smallest absolute Gasteiger partial charge is 0.00210 e. The summed E-state index contributed by atoms with van der Waals surface area (Å²) in [6.45, 7) is 4.45. The summed E-state index contributed by atoms with van der Waals surface area (Å²) >= 11 is 0. The molecule has 0 nitrogen and oxygen atoms in total. The summed E-state index contributed by atoms with van der Waals surface area (Å²) in [5.41, 5.74) is 10.3. The molecule has 7 rings (SSSR count). The molecular formula is C38H28. The maximum absolute atomic E-state index is 2.29. The molecule has 0 saturated heterocycles. The van der Waals surface area contributed by atoms with Crippen molar-refractivity contribution in [1.82, 2.24) is 0 Å². The van der Waals surface area contributed by atoms with Gasteiger partial charge in [0.1, 0.15) is 0 Å². The van der Waals surface area contributed by atoms with Crippen LogP contribution in [0.4, 0.5) is 0 Å². The predicted molar refractivity (Wildman–Crippen MR) is 165 cm³/mol. The van der Waals surface area contributed by atoms with E-state index in [2.05, 4.69) is 147 Å². The van der Waals surface area contributed by atoms with E-state index in [9.17, 15) is 0 Å². The van der Waals surface area contributed by atoms with Crippen LogP contribution in [-0.4, -0.2) is 0 Å². The summed E-state index contributed by atoms with van der Waals surface area (Å²) in [6, 6.07) is 48.8. The van der Waals surface area contributed by atoms with Crippen molar-refractivity contribution in [2.75, 3.05) is 0 Å². The number of rotatable bonds is 3. The van der Waals surface area contributed by atoms with E-state index in [0.717, 1.165) is 0 Å². The first kappa shape index (κ1) is 22.5. The van der Waals surface area contributed by atoms with Gasteiger partial charge in [0, 0.05) is 0 Å². The number of fused-ring (bicyclic) bond motifs is 3. The van der Waals surface area contributed by atoms with E-state index < -0.39 is 0 Å². The predicted octanol–water partition coefficient (Wildman–Crippen LogP) is 10.8. The Labute approximate surface area is 223 Å². The fraction of sp³-hybridized carbons (Fsp3) is 0.0526. The highest BCUT2D eigenvalue weighted by molar-refractivity contribution is 6.21. The van der Waals surface area contributed by atoms with Crippen LogP contribution in [0.3, 0.4) is 0 Å². The fourth-order valence-corrected chi connectivity index (χ4v) is 6.12. The van der Waals surface area contributed by atoms with Crippen molar-refractivity contribution in [2.45, 2.75) is 13.8 Å². The third-order valence-electron chi connectivity index (χ3n) is 7.92. The van der Waals surface area contributed by atoms with E-state index in [0.29, 0.717) is 0 Å². The van der Waals surface area contributed by atoms with Crippen LogP contribution in [0.15, 0.2) is 133 Å². The molecule has 38 heavy (non-hydrogen) atoms. The molecule has 0 fully saturated rings. The van der Waals surface area contributed by atoms with Gasteiger partial charge in [-0.05, 0) is 96.7 Å². The molecule has 0 atom stereocenters. The largest absolute Gasteiger partial charge is 0.0617 e. The second-order valence-electron chi connectivity index (χ2n) is 10.2. The lowest BCUT2D eigenvalue weighted by Gasteiger charge is -2.20. The number of hydrogen-bond acceptors (Lipinski definition) is 0. The van der Waals surface area contributed by atoms with Crippen LogP contribution in [0.25, 0.3) is 65.7 Å². The molecule has 0 heteroatoms. The van der Waals surface area contributed by atoms with Crippen molar-refractivity contribution < 1.29 is 0 Å². The molecule has 0 aliphatic carbocycles. The molecule has 0 N–H and O–H groups in total. The van der Waals surface area contributed by atoms with Crippen LogP contribution >= 0.6 is 0 Å². The first-order chi connectivity index (χ1) is 18.7. The number of aryl methyl sites for hydroxylation is 2. The van der Waals surface area contributed by atoms with Crippen molar-refractivity contribution in [3.63, 3.8) is 0 Å². The quantitative estimate of drug-likeness (QED) is 0.219. The van der Waals surface area contributed by atoms with E-state index in [1.54, 1.807) is 0 Å². The van der Waals surface area contributed by atoms with Gasteiger partial charge in [0.15, 0.2) is 0 Å². The van der Waals surface area contributed by atoms with Crippen molar-refractivity contribution in [3.8, 4) is 33.4 Å². The Morgan fingerprint density at radius 2 is 0.789 bits per heavy atom. The maximum Gasteiger partial charge on any atom is -0.00210 e. The first-order valence-electron chi connectivity index (χ1n) is 13.3. The highest BCUT2D eigenvalue weighted by Crippen LogP contribution is 2.45. The molecule has 0 aliphatic heterocycles. The molecule has 0 radical (unpaired) electrons. The monoisotopic (exact) mass is 484 g/mol. The standard InChI is InChI=1S/C38H28/c1-25-10-9-11-26(2)36(25)38-34-16-7-5-14-32(34)37(33-15-6-8-17-35(33)38)29-21-18-28(19-22-29)31-23-20-27-12-3-4-13-30(27)24-31/h3-24H,1-2H3. The van der Waals surface area contributed by atoms with E-state index in [1.807, 2.05) is 0 Å². The third-order valence-corrected chi connectivity index (χ3v) is 7.92. The zero-order valence-corrected chi connectivity index (χ0v) is 21.7. The average Bonchev–Trinajstić information content (AvgIpc) is 2.96. The van der Waals surface area contributed by atoms with E-state index in [4.69, 9.17) is 0 Å². The van der Waals surface area contributed by atoms with Crippen molar-refractivity contribution >= 4 is 32.3 Å². The summed E-state index contributed by atoms with van der Waals surface area (Å²) in [7, 11) is 0. The van der Waals surface area contributed by atoms with Gasteiger partial charge in [-0.2, -0.15) is 0 Å². The van der Waals surface area contributed by atoms with Crippen molar-refractivity contribution in [3.05, 3.63) is 145 Å². The fourth-order valence-electron chi connectivity index (χ4n) is 6.12. The van der Waals surface area contributed by atoms with Crippen LogP contribution in [0.1, 0.15) is 11.1 Å². The Balaban J connectivity index is 1.46. The van der Waals surface area contributed by atoms with Gasteiger partial charge in [-0.15, -0.1) is 0 Å². The molecule has 0 aliphatic rings. The lowest BCUT2D eigenvalue weighted by molar-refractivity contribution is 1.39. The second kappa shape index (κ2) is 9.01. The Morgan fingerprint density at radius 3 is 1.39 bits per heavy atom. The molecule has 180 valence electrons. The minimum Gasteiger partial charge on any atom is -0.0617 e. The Hall–Kier alpha value is -4.68. The van der Waals surface area contributed by atoms with Gasteiger partial charge in [-0.1, -0.05) is 127 Å². The Morgan fingerprint density at radius 1 is 0.316 bits per heavy atom. The van der Waals surface area contributed by atoms with Gasteiger partial charge >= 0.3 is 0 Å². The summed E-state index contributed by atoms with van der Waals surface area (Å²) < 4.78 is 0. The summed E-state index contributed by atoms with van der Waals surface area (Å²) in [5, 5.41) is 7.74. The summed E-state index contributed by atoms with van der Waals surface area (Å²) in [4.78, 5) is 0. The first-order valence-corrected chi connectivity index (χ1v) is 13.3. The average molecular weight is 485 g/mol. The van der Waals surface area contributed by atoms with Crippen molar-refractivity contribution in [2.24, 2.45) is 0 Å². The molecule has 0 heterocycles. The molecule has 0 aromatic heterocycles. The zero-order valence-electron chi connectivity index (χ0n) is 21.7. The lowest BCUT2D eigenvalue weighted by atomic mass is 9.83. The number of benzene rings is 7. The topological polar surface area (TPSA) is 0 Å². The Kier molecular flexibility index (Phi) is 5.34. The Bertz CT molecular complexity index is 1900. The third kappa shape index (κ3) is 3.61. The van der Waals surface area contributed by atoms with Crippen LogP contribution in [0.5, 0.6) is 0 Å². The van der Waals surface area contributed by atoms with Crippen LogP contribution in [0, 0.1) is 13.8 Å². The maximum atomic E-state index is 2.29. The van der Waals surface area contributed by atoms with Crippen LogP contribution < -0.4 is 0 Å².